The lowest BCUT2D eigenvalue weighted by Crippen LogP contribution is -2.56. The van der Waals surface area contributed by atoms with Crippen LogP contribution < -0.4 is 0 Å². The van der Waals surface area contributed by atoms with Gasteiger partial charge in [-0.05, 0) is 77.1 Å². The van der Waals surface area contributed by atoms with Crippen molar-refractivity contribution in [3.8, 4) is 0 Å². The largest absolute Gasteiger partial charge is 0.444 e. The number of ketones is 1. The highest BCUT2D eigenvalue weighted by Crippen LogP contribution is 2.39. The number of ether oxygens (including phenoxy) is 1. The van der Waals surface area contributed by atoms with Crippen LogP contribution in [0.1, 0.15) is 63.2 Å². The van der Waals surface area contributed by atoms with E-state index in [2.05, 4.69) is 4.57 Å². The standard InChI is InChI=1S/C23H30N2O3/c1-23(2,3)28-22(27)25-18-6-5-7-19(25)14-17(13-18)21(26)16-8-9-20-15(12-16)10-11-24(20)4/h8-12,17-19H,5-7,13-14H2,1-4H3. The van der Waals surface area contributed by atoms with E-state index in [0.29, 0.717) is 0 Å². The first kappa shape index (κ1) is 19.0. The number of nitrogens with zero attached hydrogens (tertiary/aromatic N) is 2. The summed E-state index contributed by atoms with van der Waals surface area (Å²) in [6.07, 6.45) is 6.30. The Balaban J connectivity index is 1.53. The highest BCUT2D eigenvalue weighted by atomic mass is 16.6. The highest BCUT2D eigenvalue weighted by Gasteiger charge is 2.44. The molecule has 2 fully saturated rings. The van der Waals surface area contributed by atoms with Crippen molar-refractivity contribution < 1.29 is 14.3 Å². The molecule has 2 bridgehead atoms. The molecule has 1 aromatic heterocycles. The molecule has 4 rings (SSSR count). The van der Waals surface area contributed by atoms with E-state index in [9.17, 15) is 9.59 Å². The van der Waals surface area contributed by atoms with Crippen LogP contribution >= 0.6 is 0 Å². The molecule has 2 aromatic rings. The molecule has 5 heteroatoms. The summed E-state index contributed by atoms with van der Waals surface area (Å²) in [5, 5.41) is 1.10. The number of Topliss-reactive ketones (excluding diaryl/α,β-unsaturated/α-hetero) is 1. The molecule has 0 saturated carbocycles. The highest BCUT2D eigenvalue weighted by molar-refractivity contribution is 6.01. The van der Waals surface area contributed by atoms with Crippen LogP contribution in [0.15, 0.2) is 30.5 Å². The van der Waals surface area contributed by atoms with E-state index in [4.69, 9.17) is 4.74 Å². The molecule has 2 aliphatic heterocycles. The Kier molecular flexibility index (Phi) is 4.72. The molecule has 2 aliphatic rings. The zero-order chi connectivity index (χ0) is 20.1. The van der Waals surface area contributed by atoms with E-state index >= 15 is 0 Å². The first-order chi connectivity index (χ1) is 13.2. The molecule has 5 nitrogen and oxygen atoms in total. The average Bonchev–Trinajstić information content (AvgIpc) is 2.99. The molecule has 0 aliphatic carbocycles. The van der Waals surface area contributed by atoms with Gasteiger partial charge in [-0.25, -0.2) is 4.79 Å². The predicted octanol–water partition coefficient (Wildman–Crippen LogP) is 4.93. The Morgan fingerprint density at radius 3 is 2.39 bits per heavy atom. The van der Waals surface area contributed by atoms with E-state index in [1.165, 1.54) is 0 Å². The first-order valence-electron chi connectivity index (χ1n) is 10.3. The molecule has 0 radical (unpaired) electrons. The van der Waals surface area contributed by atoms with E-state index in [1.54, 1.807) is 0 Å². The second kappa shape index (κ2) is 6.94. The lowest BCUT2D eigenvalue weighted by atomic mass is 9.76. The fraction of sp³-hybridized carbons (Fsp3) is 0.565. The molecule has 3 heterocycles. The van der Waals surface area contributed by atoms with Gasteiger partial charge < -0.3 is 14.2 Å². The quantitative estimate of drug-likeness (QED) is 0.692. The Morgan fingerprint density at radius 1 is 1.07 bits per heavy atom. The number of amides is 1. The average molecular weight is 383 g/mol. The van der Waals surface area contributed by atoms with E-state index in [-0.39, 0.29) is 29.9 Å². The van der Waals surface area contributed by atoms with Crippen LogP contribution in [0.2, 0.25) is 0 Å². The molecule has 2 unspecified atom stereocenters. The van der Waals surface area contributed by atoms with Gasteiger partial charge >= 0.3 is 6.09 Å². The zero-order valence-electron chi connectivity index (χ0n) is 17.3. The van der Waals surface area contributed by atoms with Crippen LogP contribution in [0, 0.1) is 5.92 Å². The fourth-order valence-electron chi connectivity index (χ4n) is 4.88. The Labute approximate surface area is 166 Å². The van der Waals surface area contributed by atoms with Crippen molar-refractivity contribution in [2.45, 2.75) is 70.6 Å². The van der Waals surface area contributed by atoms with Gasteiger partial charge in [0.05, 0.1) is 0 Å². The number of rotatable bonds is 2. The summed E-state index contributed by atoms with van der Waals surface area (Å²) < 4.78 is 7.71. The third-order valence-corrected chi connectivity index (χ3v) is 6.12. The van der Waals surface area contributed by atoms with Gasteiger partial charge in [-0.2, -0.15) is 0 Å². The zero-order valence-corrected chi connectivity index (χ0v) is 17.3. The minimum Gasteiger partial charge on any atom is -0.444 e. The summed E-state index contributed by atoms with van der Waals surface area (Å²) in [4.78, 5) is 27.9. The second-order valence-corrected chi connectivity index (χ2v) is 9.36. The van der Waals surface area contributed by atoms with Crippen molar-refractivity contribution in [3.63, 3.8) is 0 Å². The first-order valence-corrected chi connectivity index (χ1v) is 10.3. The van der Waals surface area contributed by atoms with Gasteiger partial charge in [0.1, 0.15) is 5.60 Å². The van der Waals surface area contributed by atoms with Crippen LogP contribution in [0.5, 0.6) is 0 Å². The van der Waals surface area contributed by atoms with Crippen LogP contribution in [0.3, 0.4) is 0 Å². The van der Waals surface area contributed by atoms with E-state index in [0.717, 1.165) is 48.6 Å². The fourth-order valence-corrected chi connectivity index (χ4v) is 4.88. The van der Waals surface area contributed by atoms with Gasteiger partial charge in [-0.15, -0.1) is 0 Å². The molecule has 0 spiro atoms. The second-order valence-electron chi connectivity index (χ2n) is 9.36. The summed E-state index contributed by atoms with van der Waals surface area (Å²) in [6, 6.07) is 8.24. The summed E-state index contributed by atoms with van der Waals surface area (Å²) in [6.45, 7) is 5.70. The summed E-state index contributed by atoms with van der Waals surface area (Å²) in [5.74, 6) is 0.196. The molecule has 2 atom stereocenters. The number of hydrogen-bond acceptors (Lipinski definition) is 3. The Hall–Kier alpha value is -2.30. The number of benzene rings is 1. The number of hydrogen-bond donors (Lipinski definition) is 0. The molecule has 2 saturated heterocycles. The summed E-state index contributed by atoms with van der Waals surface area (Å²) in [5.41, 5.74) is 1.42. The number of carbonyl (C=O) groups excluding carboxylic acids is 2. The molecule has 28 heavy (non-hydrogen) atoms. The van der Waals surface area contributed by atoms with E-state index < -0.39 is 5.60 Å². The SMILES string of the molecule is Cn1ccc2cc(C(=O)C3CC4CCCC(C3)N4C(=O)OC(C)(C)C)ccc21. The van der Waals surface area contributed by atoms with Crippen molar-refractivity contribution in [2.24, 2.45) is 13.0 Å². The Bertz CT molecular complexity index is 894. The molecular weight excluding hydrogens is 352 g/mol. The lowest BCUT2D eigenvalue weighted by molar-refractivity contribution is -0.0260. The molecule has 1 amide bonds. The number of aromatic nitrogens is 1. The van der Waals surface area contributed by atoms with Crippen molar-refractivity contribution in [2.75, 3.05) is 0 Å². The minimum absolute atomic E-state index is 0.0184. The van der Waals surface area contributed by atoms with Gasteiger partial charge in [-0.1, -0.05) is 0 Å². The predicted molar refractivity (Wildman–Crippen MR) is 109 cm³/mol. The normalized spacial score (nSPS) is 25.0. The van der Waals surface area contributed by atoms with Crippen LogP contribution in [-0.2, 0) is 11.8 Å². The lowest BCUT2D eigenvalue weighted by Gasteiger charge is -2.48. The molecule has 150 valence electrons. The molecule has 0 N–H and O–H groups in total. The molecule has 1 aromatic carbocycles. The maximum absolute atomic E-state index is 13.2. The van der Waals surface area contributed by atoms with Crippen molar-refractivity contribution in [1.82, 2.24) is 9.47 Å². The van der Waals surface area contributed by atoms with Gasteiger partial charge in [0.15, 0.2) is 5.78 Å². The van der Waals surface area contributed by atoms with Gasteiger partial charge in [0.25, 0.3) is 0 Å². The van der Waals surface area contributed by atoms with Crippen molar-refractivity contribution in [3.05, 3.63) is 36.0 Å². The number of aryl methyl sites for hydroxylation is 1. The third-order valence-electron chi connectivity index (χ3n) is 6.12. The van der Waals surface area contributed by atoms with Crippen molar-refractivity contribution >= 4 is 22.8 Å². The van der Waals surface area contributed by atoms with Crippen LogP contribution in [0.4, 0.5) is 4.79 Å². The number of carbonyl (C=O) groups is 2. The van der Waals surface area contributed by atoms with Gasteiger partial charge in [-0.3, -0.25) is 4.79 Å². The van der Waals surface area contributed by atoms with Crippen LogP contribution in [-0.4, -0.2) is 39.0 Å². The topological polar surface area (TPSA) is 51.5 Å². The van der Waals surface area contributed by atoms with Crippen LogP contribution in [0.25, 0.3) is 10.9 Å². The van der Waals surface area contributed by atoms with Gasteiger partial charge in [0.2, 0.25) is 0 Å². The number of piperidine rings is 2. The maximum atomic E-state index is 13.2. The number of fused-ring (bicyclic) bond motifs is 3. The monoisotopic (exact) mass is 382 g/mol. The maximum Gasteiger partial charge on any atom is 0.410 e. The smallest absolute Gasteiger partial charge is 0.410 e. The third kappa shape index (κ3) is 3.54. The van der Waals surface area contributed by atoms with Crippen molar-refractivity contribution in [1.29, 1.82) is 0 Å². The summed E-state index contributed by atoms with van der Waals surface area (Å²) in [7, 11) is 2.01. The minimum atomic E-state index is -0.497. The van der Waals surface area contributed by atoms with Gasteiger partial charge in [0, 0.05) is 47.7 Å². The van der Waals surface area contributed by atoms with E-state index in [1.807, 2.05) is 63.2 Å². The Morgan fingerprint density at radius 2 is 1.75 bits per heavy atom. The molecular formula is C23H30N2O3. The summed E-state index contributed by atoms with van der Waals surface area (Å²) >= 11 is 0.